The molecular formula is C13H14FN3O2S. The summed E-state index contributed by atoms with van der Waals surface area (Å²) in [7, 11) is -2.36. The second kappa shape index (κ2) is 5.56. The summed E-state index contributed by atoms with van der Waals surface area (Å²) in [6, 6.07) is 7.86. The molecule has 2 aromatic rings. The molecule has 0 radical (unpaired) electrons. The highest BCUT2D eigenvalue weighted by Gasteiger charge is 2.21. The van der Waals surface area contributed by atoms with Crippen LogP contribution in [0.1, 0.15) is 5.56 Å². The summed E-state index contributed by atoms with van der Waals surface area (Å²) < 4.78 is 38.7. The molecule has 0 saturated carbocycles. The van der Waals surface area contributed by atoms with Gasteiger partial charge in [0.2, 0.25) is 10.0 Å². The Hall–Kier alpha value is -1.99. The zero-order valence-electron chi connectivity index (χ0n) is 10.8. The van der Waals surface area contributed by atoms with Crippen LogP contribution in [0.5, 0.6) is 0 Å². The number of aromatic nitrogens is 1. The fraction of sp³-hybridized carbons (Fsp3) is 0.154. The van der Waals surface area contributed by atoms with E-state index in [9.17, 15) is 12.8 Å². The Morgan fingerprint density at radius 3 is 2.70 bits per heavy atom. The van der Waals surface area contributed by atoms with E-state index >= 15 is 0 Å². The summed E-state index contributed by atoms with van der Waals surface area (Å²) in [6.07, 6.45) is 2.07. The smallest absolute Gasteiger partial charge is 0.244 e. The van der Waals surface area contributed by atoms with Crippen LogP contribution in [-0.2, 0) is 16.6 Å². The number of nitrogens with zero attached hydrogens (tertiary/aromatic N) is 2. The van der Waals surface area contributed by atoms with E-state index in [2.05, 4.69) is 4.98 Å². The third kappa shape index (κ3) is 3.12. The van der Waals surface area contributed by atoms with Crippen LogP contribution in [0.2, 0.25) is 0 Å². The molecule has 0 amide bonds. The molecule has 1 heterocycles. The lowest BCUT2D eigenvalue weighted by Gasteiger charge is -2.17. The lowest BCUT2D eigenvalue weighted by atomic mass is 10.2. The number of hydrogen-bond acceptors (Lipinski definition) is 4. The summed E-state index contributed by atoms with van der Waals surface area (Å²) in [5.41, 5.74) is 6.95. The van der Waals surface area contributed by atoms with Crippen molar-refractivity contribution >= 4 is 15.7 Å². The molecular weight excluding hydrogens is 281 g/mol. The number of hydrogen-bond donors (Lipinski definition) is 1. The number of sulfonamides is 1. The molecule has 0 spiro atoms. The van der Waals surface area contributed by atoms with Crippen LogP contribution >= 0.6 is 0 Å². The predicted octanol–water partition coefficient (Wildman–Crippen LogP) is 1.62. The minimum absolute atomic E-state index is 0.143. The van der Waals surface area contributed by atoms with E-state index in [0.29, 0.717) is 5.69 Å². The van der Waals surface area contributed by atoms with Gasteiger partial charge < -0.3 is 5.73 Å². The first-order valence-corrected chi connectivity index (χ1v) is 7.25. The second-order valence-corrected chi connectivity index (χ2v) is 6.39. The van der Waals surface area contributed by atoms with Crippen molar-refractivity contribution in [3.63, 3.8) is 0 Å². The Balaban J connectivity index is 2.26. The zero-order valence-corrected chi connectivity index (χ0v) is 11.6. The Labute approximate surface area is 116 Å². The van der Waals surface area contributed by atoms with Crippen molar-refractivity contribution in [3.8, 4) is 0 Å². The molecule has 0 aliphatic heterocycles. The maximum Gasteiger partial charge on any atom is 0.244 e. The number of nitrogens with two attached hydrogens (primary N) is 1. The molecule has 20 heavy (non-hydrogen) atoms. The zero-order chi connectivity index (χ0) is 14.8. The number of benzene rings is 1. The first kappa shape index (κ1) is 14.4. The molecule has 7 heteroatoms. The highest BCUT2D eigenvalue weighted by Crippen LogP contribution is 2.17. The molecule has 0 saturated heterocycles. The molecule has 106 valence electrons. The topological polar surface area (TPSA) is 76.3 Å². The number of rotatable bonds is 4. The molecule has 1 aromatic heterocycles. The molecule has 0 aliphatic rings. The Kier molecular flexibility index (Phi) is 4.01. The summed E-state index contributed by atoms with van der Waals surface area (Å²) in [5, 5.41) is 0. The van der Waals surface area contributed by atoms with Crippen molar-refractivity contribution in [2.75, 3.05) is 12.8 Å². The number of nitrogen functional groups attached to an aromatic ring is 1. The standard InChI is InChI=1S/C13H14FN3O2S/c1-17(9-10-3-2-4-12(15)5-10)20(18,19)13-6-11(14)7-16-8-13/h2-8H,9,15H2,1H3. The first-order chi connectivity index (χ1) is 9.39. The Morgan fingerprint density at radius 1 is 1.30 bits per heavy atom. The monoisotopic (exact) mass is 295 g/mol. The van der Waals surface area contributed by atoms with Crippen LogP contribution < -0.4 is 5.73 Å². The highest BCUT2D eigenvalue weighted by atomic mass is 32.2. The van der Waals surface area contributed by atoms with E-state index in [0.717, 1.165) is 28.3 Å². The highest BCUT2D eigenvalue weighted by molar-refractivity contribution is 7.89. The lowest BCUT2D eigenvalue weighted by molar-refractivity contribution is 0.465. The first-order valence-electron chi connectivity index (χ1n) is 5.81. The molecule has 0 aliphatic carbocycles. The van der Waals surface area contributed by atoms with Gasteiger partial charge in [-0.25, -0.2) is 12.8 Å². The van der Waals surface area contributed by atoms with Gasteiger partial charge in [0.15, 0.2) is 0 Å². The molecule has 0 bridgehead atoms. The van der Waals surface area contributed by atoms with E-state index in [-0.39, 0.29) is 11.4 Å². The van der Waals surface area contributed by atoms with Crippen LogP contribution in [-0.4, -0.2) is 24.8 Å². The Morgan fingerprint density at radius 2 is 2.05 bits per heavy atom. The van der Waals surface area contributed by atoms with Gasteiger partial charge in [-0.05, 0) is 23.8 Å². The molecule has 1 aromatic carbocycles. The maximum atomic E-state index is 13.1. The van der Waals surface area contributed by atoms with Crippen molar-refractivity contribution in [1.82, 2.24) is 9.29 Å². The van der Waals surface area contributed by atoms with E-state index in [1.807, 2.05) is 0 Å². The van der Waals surface area contributed by atoms with Gasteiger partial charge in [0.1, 0.15) is 10.7 Å². The minimum Gasteiger partial charge on any atom is -0.399 e. The van der Waals surface area contributed by atoms with Crippen molar-refractivity contribution in [3.05, 3.63) is 54.1 Å². The van der Waals surface area contributed by atoms with E-state index < -0.39 is 15.8 Å². The van der Waals surface area contributed by atoms with Crippen molar-refractivity contribution in [2.24, 2.45) is 0 Å². The minimum atomic E-state index is -3.78. The van der Waals surface area contributed by atoms with Crippen LogP contribution in [0, 0.1) is 5.82 Å². The number of anilines is 1. The van der Waals surface area contributed by atoms with Gasteiger partial charge in [0, 0.05) is 25.5 Å². The fourth-order valence-corrected chi connectivity index (χ4v) is 2.88. The maximum absolute atomic E-state index is 13.1. The SMILES string of the molecule is CN(Cc1cccc(N)c1)S(=O)(=O)c1cncc(F)c1. The van der Waals surface area contributed by atoms with Gasteiger partial charge in [-0.15, -0.1) is 0 Å². The fourth-order valence-electron chi connectivity index (χ4n) is 1.75. The average Bonchev–Trinajstić information content (AvgIpc) is 2.38. The van der Waals surface area contributed by atoms with Crippen LogP contribution in [0.4, 0.5) is 10.1 Å². The quantitative estimate of drug-likeness (QED) is 0.870. The van der Waals surface area contributed by atoms with Crippen LogP contribution in [0.3, 0.4) is 0 Å². The normalized spacial score (nSPS) is 11.8. The molecule has 2 rings (SSSR count). The Bertz CT molecular complexity index is 719. The van der Waals surface area contributed by atoms with E-state index in [1.165, 1.54) is 7.05 Å². The summed E-state index contributed by atoms with van der Waals surface area (Å²) in [5.74, 6) is -0.691. The van der Waals surface area contributed by atoms with Gasteiger partial charge in [0.25, 0.3) is 0 Å². The molecule has 5 nitrogen and oxygen atoms in total. The summed E-state index contributed by atoms with van der Waals surface area (Å²) in [6.45, 7) is 0.143. The predicted molar refractivity (Wildman–Crippen MR) is 73.7 cm³/mol. The lowest BCUT2D eigenvalue weighted by Crippen LogP contribution is -2.26. The van der Waals surface area contributed by atoms with Gasteiger partial charge in [-0.2, -0.15) is 4.31 Å². The summed E-state index contributed by atoms with van der Waals surface area (Å²) >= 11 is 0. The average molecular weight is 295 g/mol. The van der Waals surface area contributed by atoms with Gasteiger partial charge >= 0.3 is 0 Å². The van der Waals surface area contributed by atoms with Crippen LogP contribution in [0.15, 0.2) is 47.6 Å². The summed E-state index contributed by atoms with van der Waals surface area (Å²) in [4.78, 5) is 3.38. The van der Waals surface area contributed by atoms with Gasteiger partial charge in [-0.3, -0.25) is 4.98 Å². The van der Waals surface area contributed by atoms with Gasteiger partial charge in [-0.1, -0.05) is 12.1 Å². The van der Waals surface area contributed by atoms with Crippen molar-refractivity contribution < 1.29 is 12.8 Å². The van der Waals surface area contributed by atoms with Crippen LogP contribution in [0.25, 0.3) is 0 Å². The second-order valence-electron chi connectivity index (χ2n) is 4.34. The molecule has 0 fully saturated rings. The number of halogens is 1. The molecule has 0 unspecified atom stereocenters. The van der Waals surface area contributed by atoms with Gasteiger partial charge in [0.05, 0.1) is 6.20 Å². The van der Waals surface area contributed by atoms with Crippen molar-refractivity contribution in [2.45, 2.75) is 11.4 Å². The van der Waals surface area contributed by atoms with E-state index in [4.69, 9.17) is 5.73 Å². The third-order valence-corrected chi connectivity index (χ3v) is 4.51. The van der Waals surface area contributed by atoms with E-state index in [1.54, 1.807) is 24.3 Å². The molecule has 2 N–H and O–H groups in total. The molecule has 0 atom stereocenters. The number of pyridine rings is 1. The van der Waals surface area contributed by atoms with Crippen molar-refractivity contribution in [1.29, 1.82) is 0 Å². The largest absolute Gasteiger partial charge is 0.399 e. The third-order valence-electron chi connectivity index (χ3n) is 2.74.